The summed E-state index contributed by atoms with van der Waals surface area (Å²) >= 11 is 0. The monoisotopic (exact) mass is 370 g/mol. The van der Waals surface area contributed by atoms with Gasteiger partial charge in [0.2, 0.25) is 5.91 Å². The Balaban J connectivity index is 1.47. The molecule has 1 aromatic heterocycles. The molecule has 1 aromatic carbocycles. The van der Waals surface area contributed by atoms with Crippen molar-refractivity contribution in [2.24, 2.45) is 0 Å². The largest absolute Gasteiger partial charge is 0.467 e. The average molecular weight is 370 g/mol. The van der Waals surface area contributed by atoms with E-state index in [-0.39, 0.29) is 18.0 Å². The van der Waals surface area contributed by atoms with E-state index >= 15 is 0 Å². The van der Waals surface area contributed by atoms with E-state index in [0.717, 1.165) is 12.1 Å². The molecule has 0 radical (unpaired) electrons. The molecule has 140 valence electrons. The molecule has 1 aliphatic heterocycles. The highest BCUT2D eigenvalue weighted by Gasteiger charge is 2.22. The van der Waals surface area contributed by atoms with Crippen LogP contribution < -0.4 is 21.1 Å². The lowest BCUT2D eigenvalue weighted by Crippen LogP contribution is -2.48. The van der Waals surface area contributed by atoms with Crippen molar-refractivity contribution < 1.29 is 23.6 Å². The second-order valence-electron chi connectivity index (χ2n) is 5.87. The molecule has 0 unspecified atom stereocenters. The summed E-state index contributed by atoms with van der Waals surface area (Å²) in [5, 5.41) is 2.36. The van der Waals surface area contributed by atoms with Crippen LogP contribution in [0.2, 0.25) is 0 Å². The first-order valence-electron chi connectivity index (χ1n) is 8.36. The normalized spacial score (nSPS) is 13.3. The number of hydrogen-bond donors (Lipinski definition) is 3. The summed E-state index contributed by atoms with van der Waals surface area (Å²) in [5.41, 5.74) is 5.21. The van der Waals surface area contributed by atoms with Crippen LogP contribution in [-0.4, -0.2) is 30.2 Å². The van der Waals surface area contributed by atoms with Crippen LogP contribution in [0.4, 0.5) is 5.69 Å². The summed E-state index contributed by atoms with van der Waals surface area (Å²) in [6.07, 6.45) is 2.79. The first-order chi connectivity index (χ1) is 13.0. The van der Waals surface area contributed by atoms with Crippen molar-refractivity contribution in [1.82, 2.24) is 16.2 Å². The SMILES string of the molecule is O=C(NCc1ccco1)C(=O)NNC(=O)c1ccc(N2CCCC2=O)cc1. The number of nitrogens with one attached hydrogen (secondary N) is 3. The van der Waals surface area contributed by atoms with Gasteiger partial charge in [0.1, 0.15) is 5.76 Å². The summed E-state index contributed by atoms with van der Waals surface area (Å²) in [4.78, 5) is 48.8. The van der Waals surface area contributed by atoms with E-state index in [2.05, 4.69) is 10.7 Å². The van der Waals surface area contributed by atoms with Crippen LogP contribution in [-0.2, 0) is 20.9 Å². The van der Waals surface area contributed by atoms with E-state index in [0.29, 0.717) is 18.7 Å². The molecule has 0 spiro atoms. The molecule has 1 aliphatic rings. The van der Waals surface area contributed by atoms with Crippen molar-refractivity contribution >= 4 is 29.3 Å². The molecule has 3 N–H and O–H groups in total. The van der Waals surface area contributed by atoms with Gasteiger partial charge < -0.3 is 14.6 Å². The predicted molar refractivity (Wildman–Crippen MR) is 94.2 cm³/mol. The van der Waals surface area contributed by atoms with Gasteiger partial charge in [-0.05, 0) is 42.8 Å². The van der Waals surface area contributed by atoms with Crippen molar-refractivity contribution in [3.63, 3.8) is 0 Å². The highest BCUT2D eigenvalue weighted by molar-refractivity contribution is 6.35. The zero-order valence-electron chi connectivity index (χ0n) is 14.4. The zero-order chi connectivity index (χ0) is 19.2. The summed E-state index contributed by atoms with van der Waals surface area (Å²) < 4.78 is 5.03. The maximum Gasteiger partial charge on any atom is 0.327 e. The number of benzene rings is 1. The van der Waals surface area contributed by atoms with Crippen molar-refractivity contribution in [2.45, 2.75) is 19.4 Å². The lowest BCUT2D eigenvalue weighted by atomic mass is 10.2. The van der Waals surface area contributed by atoms with Crippen molar-refractivity contribution in [3.8, 4) is 0 Å². The number of amides is 4. The minimum absolute atomic E-state index is 0.0556. The van der Waals surface area contributed by atoms with Gasteiger partial charge in [0, 0.05) is 24.2 Å². The Kier molecular flexibility index (Phi) is 5.50. The van der Waals surface area contributed by atoms with Crippen molar-refractivity contribution in [1.29, 1.82) is 0 Å². The van der Waals surface area contributed by atoms with Gasteiger partial charge in [-0.3, -0.25) is 30.0 Å². The molecule has 9 nitrogen and oxygen atoms in total. The molecule has 1 saturated heterocycles. The van der Waals surface area contributed by atoms with Crippen molar-refractivity contribution in [3.05, 3.63) is 54.0 Å². The molecule has 2 heterocycles. The fraction of sp³-hybridized carbons (Fsp3) is 0.222. The van der Waals surface area contributed by atoms with Gasteiger partial charge in [-0.1, -0.05) is 0 Å². The third kappa shape index (κ3) is 4.51. The molecular formula is C18H18N4O5. The van der Waals surface area contributed by atoms with Gasteiger partial charge in [0.15, 0.2) is 0 Å². The number of carbonyl (C=O) groups is 4. The third-order valence-corrected chi connectivity index (χ3v) is 4.01. The molecule has 27 heavy (non-hydrogen) atoms. The summed E-state index contributed by atoms with van der Waals surface area (Å²) in [5.74, 6) is -1.94. The number of nitrogens with zero attached hydrogens (tertiary/aromatic N) is 1. The number of carbonyl (C=O) groups excluding carboxylic acids is 4. The van der Waals surface area contributed by atoms with Gasteiger partial charge in [0.05, 0.1) is 12.8 Å². The van der Waals surface area contributed by atoms with Crippen LogP contribution in [0.15, 0.2) is 47.1 Å². The van der Waals surface area contributed by atoms with Crippen LogP contribution in [0, 0.1) is 0 Å². The van der Waals surface area contributed by atoms with E-state index in [1.54, 1.807) is 41.3 Å². The quantitative estimate of drug-likeness (QED) is 0.534. The van der Waals surface area contributed by atoms with Crippen molar-refractivity contribution in [2.75, 3.05) is 11.4 Å². The summed E-state index contributed by atoms with van der Waals surface area (Å²) in [6, 6.07) is 9.72. The minimum atomic E-state index is -1.01. The smallest absolute Gasteiger partial charge is 0.327 e. The van der Waals surface area contributed by atoms with Crippen LogP contribution >= 0.6 is 0 Å². The van der Waals surface area contributed by atoms with Gasteiger partial charge in [-0.2, -0.15) is 0 Å². The number of hydrogen-bond acceptors (Lipinski definition) is 5. The second kappa shape index (κ2) is 8.17. The van der Waals surface area contributed by atoms with E-state index in [1.165, 1.54) is 6.26 Å². The Morgan fingerprint density at radius 3 is 2.44 bits per heavy atom. The standard InChI is InChI=1S/C18H18N4O5/c23-15-4-1-9-22(15)13-7-5-12(6-8-13)16(24)20-21-18(26)17(25)19-11-14-3-2-10-27-14/h2-3,5-8,10H,1,4,9,11H2,(H,19,25)(H,20,24)(H,21,26). The first-order valence-corrected chi connectivity index (χ1v) is 8.36. The topological polar surface area (TPSA) is 121 Å². The molecule has 3 rings (SSSR count). The Labute approximate surface area is 154 Å². The molecule has 0 aliphatic carbocycles. The molecule has 4 amide bonds. The fourth-order valence-corrected chi connectivity index (χ4v) is 2.62. The molecule has 9 heteroatoms. The Morgan fingerprint density at radius 1 is 1.04 bits per heavy atom. The molecule has 0 saturated carbocycles. The van der Waals surface area contributed by atoms with E-state index < -0.39 is 17.7 Å². The average Bonchev–Trinajstić information content (AvgIpc) is 3.35. The lowest BCUT2D eigenvalue weighted by molar-refractivity contribution is -0.139. The van der Waals surface area contributed by atoms with Gasteiger partial charge >= 0.3 is 11.8 Å². The molecular weight excluding hydrogens is 352 g/mol. The Bertz CT molecular complexity index is 845. The van der Waals surface area contributed by atoms with Crippen LogP contribution in [0.3, 0.4) is 0 Å². The second-order valence-corrected chi connectivity index (χ2v) is 5.87. The highest BCUT2D eigenvalue weighted by Crippen LogP contribution is 2.21. The Morgan fingerprint density at radius 2 is 1.81 bits per heavy atom. The number of rotatable bonds is 4. The van der Waals surface area contributed by atoms with E-state index in [9.17, 15) is 19.2 Å². The van der Waals surface area contributed by atoms with Gasteiger partial charge in [0.25, 0.3) is 5.91 Å². The van der Waals surface area contributed by atoms with E-state index in [1.807, 2.05) is 5.43 Å². The third-order valence-electron chi connectivity index (χ3n) is 4.01. The Hall–Kier alpha value is -3.62. The summed E-state index contributed by atoms with van der Waals surface area (Å²) in [7, 11) is 0. The van der Waals surface area contributed by atoms with Crippen LogP contribution in [0.5, 0.6) is 0 Å². The number of anilines is 1. The molecule has 1 fully saturated rings. The lowest BCUT2D eigenvalue weighted by Gasteiger charge is -2.15. The molecule has 0 atom stereocenters. The van der Waals surface area contributed by atoms with E-state index in [4.69, 9.17) is 4.42 Å². The molecule has 2 aromatic rings. The van der Waals surface area contributed by atoms with Gasteiger partial charge in [-0.15, -0.1) is 0 Å². The first kappa shape index (κ1) is 18.2. The molecule has 0 bridgehead atoms. The van der Waals surface area contributed by atoms with Gasteiger partial charge in [-0.25, -0.2) is 0 Å². The zero-order valence-corrected chi connectivity index (χ0v) is 14.4. The maximum atomic E-state index is 12.1. The fourth-order valence-electron chi connectivity index (χ4n) is 2.62. The predicted octanol–water partition coefficient (Wildman–Crippen LogP) is 0.484. The number of hydrazine groups is 1. The van der Waals surface area contributed by atoms with Crippen LogP contribution in [0.25, 0.3) is 0 Å². The van der Waals surface area contributed by atoms with Crippen LogP contribution in [0.1, 0.15) is 29.0 Å². The summed E-state index contributed by atoms with van der Waals surface area (Å²) in [6.45, 7) is 0.720. The minimum Gasteiger partial charge on any atom is -0.467 e. The highest BCUT2D eigenvalue weighted by atomic mass is 16.3. The number of furan rings is 1. The maximum absolute atomic E-state index is 12.1.